The predicted molar refractivity (Wildman–Crippen MR) is 74.9 cm³/mol. The second-order valence-electron chi connectivity index (χ2n) is 5.44. The molecule has 0 amide bonds. The van der Waals surface area contributed by atoms with Gasteiger partial charge < -0.3 is 4.74 Å². The van der Waals surface area contributed by atoms with Crippen molar-refractivity contribution >= 4 is 0 Å². The van der Waals surface area contributed by atoms with Crippen LogP contribution in [0.1, 0.15) is 46.0 Å². The molecule has 0 aliphatic heterocycles. The van der Waals surface area contributed by atoms with Gasteiger partial charge in [0.05, 0.1) is 6.61 Å². The topological polar surface area (TPSA) is 9.23 Å². The zero-order valence-electron chi connectivity index (χ0n) is 12.0. The molecule has 3 heteroatoms. The Balaban J connectivity index is 2.39. The molecule has 1 aliphatic rings. The van der Waals surface area contributed by atoms with Crippen molar-refractivity contribution in [2.45, 2.75) is 46.0 Å². The quantitative estimate of drug-likeness (QED) is 0.460. The summed E-state index contributed by atoms with van der Waals surface area (Å²) in [4.78, 5) is 0. The highest BCUT2D eigenvalue weighted by Crippen LogP contribution is 2.31. The lowest BCUT2D eigenvalue weighted by molar-refractivity contribution is 0.127. The van der Waals surface area contributed by atoms with E-state index < -0.39 is 11.7 Å². The minimum absolute atomic E-state index is 0.0469. The first-order chi connectivity index (χ1) is 8.95. The Morgan fingerprint density at radius 2 is 1.58 bits per heavy atom. The Morgan fingerprint density at radius 3 is 2.05 bits per heavy atom. The summed E-state index contributed by atoms with van der Waals surface area (Å²) >= 11 is 0. The van der Waals surface area contributed by atoms with Crippen molar-refractivity contribution in [1.82, 2.24) is 0 Å². The van der Waals surface area contributed by atoms with Crippen LogP contribution in [0.2, 0.25) is 0 Å². The molecule has 0 saturated heterocycles. The van der Waals surface area contributed by atoms with Gasteiger partial charge in [0.1, 0.15) is 0 Å². The van der Waals surface area contributed by atoms with E-state index in [9.17, 15) is 8.78 Å². The third-order valence-electron chi connectivity index (χ3n) is 3.85. The maximum atomic E-state index is 13.5. The first-order valence-electron chi connectivity index (χ1n) is 6.98. The summed E-state index contributed by atoms with van der Waals surface area (Å²) < 4.78 is 32.1. The minimum atomic E-state index is -1.03. The predicted octanol–water partition coefficient (Wildman–Crippen LogP) is 5.46. The largest absolute Gasteiger partial charge is 0.491 e. The number of allylic oxidation sites excluding steroid dienone is 3. The fraction of sp³-hybridized carbons (Fsp3) is 0.625. The van der Waals surface area contributed by atoms with Gasteiger partial charge in [-0.25, -0.2) is 4.39 Å². The Bertz CT molecular complexity index is 363. The molecule has 0 bridgehead atoms. The Kier molecular flexibility index (Phi) is 6.26. The van der Waals surface area contributed by atoms with E-state index in [0.29, 0.717) is 12.5 Å². The first kappa shape index (κ1) is 15.9. The summed E-state index contributed by atoms with van der Waals surface area (Å²) in [5, 5.41) is 0. The van der Waals surface area contributed by atoms with Crippen LogP contribution in [0, 0.1) is 11.8 Å². The summed E-state index contributed by atoms with van der Waals surface area (Å²) in [6.07, 6.45) is 5.83. The lowest BCUT2D eigenvalue weighted by Crippen LogP contribution is -2.18. The van der Waals surface area contributed by atoms with Crippen LogP contribution in [-0.2, 0) is 4.74 Å². The molecule has 1 nitrogen and oxygen atoms in total. The molecule has 0 atom stereocenters. The van der Waals surface area contributed by atoms with Crippen LogP contribution >= 0.6 is 0 Å². The molecule has 19 heavy (non-hydrogen) atoms. The van der Waals surface area contributed by atoms with Crippen molar-refractivity contribution in [3.8, 4) is 0 Å². The summed E-state index contributed by atoms with van der Waals surface area (Å²) in [6.45, 7) is 10.8. The number of hydrogen-bond acceptors (Lipinski definition) is 1. The Hall–Kier alpha value is -1.12. The minimum Gasteiger partial charge on any atom is -0.491 e. The molecule has 0 radical (unpaired) electrons. The fourth-order valence-corrected chi connectivity index (χ4v) is 2.40. The molecule has 108 valence electrons. The molecule has 0 aromatic heterocycles. The van der Waals surface area contributed by atoms with E-state index in [-0.39, 0.29) is 11.3 Å². The van der Waals surface area contributed by atoms with Gasteiger partial charge in [0.25, 0.3) is 0 Å². The summed E-state index contributed by atoms with van der Waals surface area (Å²) in [5.74, 6) is -0.982. The van der Waals surface area contributed by atoms with Crippen molar-refractivity contribution in [2.24, 2.45) is 11.8 Å². The van der Waals surface area contributed by atoms with E-state index in [0.717, 1.165) is 18.8 Å². The number of halogens is 2. The van der Waals surface area contributed by atoms with Crippen LogP contribution in [-0.4, -0.2) is 6.61 Å². The highest BCUT2D eigenvalue weighted by molar-refractivity contribution is 5.30. The molecule has 1 fully saturated rings. The lowest BCUT2D eigenvalue weighted by atomic mass is 9.81. The molecule has 0 N–H and O–H groups in total. The third-order valence-corrected chi connectivity index (χ3v) is 3.85. The maximum Gasteiger partial charge on any atom is 0.200 e. The van der Waals surface area contributed by atoms with E-state index in [1.165, 1.54) is 26.2 Å². The van der Waals surface area contributed by atoms with Gasteiger partial charge in [-0.05, 0) is 37.2 Å². The average Bonchev–Trinajstić information content (AvgIpc) is 2.43. The number of ether oxygens (including phenoxy) is 1. The number of hydrogen-bond donors (Lipinski definition) is 0. The van der Waals surface area contributed by atoms with Gasteiger partial charge in [0.15, 0.2) is 17.4 Å². The molecule has 0 aromatic carbocycles. The van der Waals surface area contributed by atoms with E-state index in [2.05, 4.69) is 20.1 Å². The molecule has 0 aromatic rings. The van der Waals surface area contributed by atoms with Gasteiger partial charge in [0.2, 0.25) is 0 Å². The average molecular weight is 270 g/mol. The van der Waals surface area contributed by atoms with Gasteiger partial charge in [-0.3, -0.25) is 0 Å². The van der Waals surface area contributed by atoms with Crippen molar-refractivity contribution in [3.63, 3.8) is 0 Å². The van der Waals surface area contributed by atoms with Crippen molar-refractivity contribution < 1.29 is 13.5 Å². The van der Waals surface area contributed by atoms with E-state index in [4.69, 9.17) is 4.74 Å². The van der Waals surface area contributed by atoms with Gasteiger partial charge in [0, 0.05) is 0 Å². The van der Waals surface area contributed by atoms with Gasteiger partial charge >= 0.3 is 0 Å². The molecule has 1 saturated carbocycles. The maximum absolute atomic E-state index is 13.5. The van der Waals surface area contributed by atoms with Gasteiger partial charge in [-0.2, -0.15) is 4.39 Å². The molecule has 1 aliphatic carbocycles. The van der Waals surface area contributed by atoms with E-state index in [1.54, 1.807) is 0 Å². The Morgan fingerprint density at radius 1 is 1.05 bits per heavy atom. The molecule has 0 unspecified atom stereocenters. The standard InChI is InChI=1S/C16H24F2O/c1-5-13-6-8-14(9-7-13)10-19-12(4)16(18)15(17)11(2)3/h13-14H,2,4-10H2,1,3H3/b16-15-. The Labute approximate surface area is 115 Å². The zero-order chi connectivity index (χ0) is 14.4. The van der Waals surface area contributed by atoms with Crippen LogP contribution in [0.25, 0.3) is 0 Å². The van der Waals surface area contributed by atoms with Crippen molar-refractivity contribution in [1.29, 1.82) is 0 Å². The SMILES string of the molecule is C=C(C)/C(F)=C(/F)C(=C)OCC1CCC(CC)CC1. The van der Waals surface area contributed by atoms with Crippen LogP contribution in [0.4, 0.5) is 8.78 Å². The normalized spacial score (nSPS) is 24.6. The van der Waals surface area contributed by atoms with Crippen LogP contribution in [0.15, 0.2) is 36.1 Å². The second kappa shape index (κ2) is 7.46. The fourth-order valence-electron chi connectivity index (χ4n) is 2.40. The van der Waals surface area contributed by atoms with Crippen LogP contribution in [0.3, 0.4) is 0 Å². The summed E-state index contributed by atoms with van der Waals surface area (Å²) in [7, 11) is 0. The second-order valence-corrected chi connectivity index (χ2v) is 5.44. The molecule has 0 spiro atoms. The van der Waals surface area contributed by atoms with Crippen LogP contribution in [0.5, 0.6) is 0 Å². The monoisotopic (exact) mass is 270 g/mol. The highest BCUT2D eigenvalue weighted by Gasteiger charge is 2.21. The molecule has 1 rings (SSSR count). The number of rotatable bonds is 6. The molecular formula is C16H24F2O. The highest BCUT2D eigenvalue weighted by atomic mass is 19.2. The van der Waals surface area contributed by atoms with Crippen LogP contribution < -0.4 is 0 Å². The lowest BCUT2D eigenvalue weighted by Gasteiger charge is -2.27. The third kappa shape index (κ3) is 4.81. The smallest absolute Gasteiger partial charge is 0.200 e. The van der Waals surface area contributed by atoms with Gasteiger partial charge in [-0.1, -0.05) is 39.3 Å². The first-order valence-corrected chi connectivity index (χ1v) is 6.98. The van der Waals surface area contributed by atoms with Crippen molar-refractivity contribution in [3.05, 3.63) is 36.1 Å². The molecular weight excluding hydrogens is 246 g/mol. The summed E-state index contributed by atoms with van der Waals surface area (Å²) in [5.41, 5.74) is 0.0469. The summed E-state index contributed by atoms with van der Waals surface area (Å²) in [6, 6.07) is 0. The van der Waals surface area contributed by atoms with Gasteiger partial charge in [-0.15, -0.1) is 0 Å². The molecule has 0 heterocycles. The van der Waals surface area contributed by atoms with E-state index in [1.807, 2.05) is 0 Å². The van der Waals surface area contributed by atoms with Crippen molar-refractivity contribution in [2.75, 3.05) is 6.61 Å². The zero-order valence-corrected chi connectivity index (χ0v) is 12.0. The van der Waals surface area contributed by atoms with E-state index >= 15 is 0 Å².